The first kappa shape index (κ1) is 17.8. The minimum absolute atomic E-state index is 0. The second-order valence-electron chi connectivity index (χ2n) is 7.59. The highest BCUT2D eigenvalue weighted by molar-refractivity contribution is 7.12. The summed E-state index contributed by atoms with van der Waals surface area (Å²) in [6.45, 7) is 4.92. The summed E-state index contributed by atoms with van der Waals surface area (Å²) in [5, 5.41) is 15.1. The van der Waals surface area contributed by atoms with Crippen LogP contribution in [0.15, 0.2) is 35.0 Å². The van der Waals surface area contributed by atoms with Gasteiger partial charge in [0.25, 0.3) is 0 Å². The highest BCUT2D eigenvalue weighted by atomic mass is 32.1. The van der Waals surface area contributed by atoms with E-state index in [1.54, 1.807) is 12.1 Å². The number of ether oxygens (including phenoxy) is 2. The fourth-order valence-electron chi connectivity index (χ4n) is 5.46. The Kier molecular flexibility index (Phi) is 3.72. The molecule has 146 valence electrons. The Labute approximate surface area is 168 Å². The molecule has 2 aliphatic heterocycles. The van der Waals surface area contributed by atoms with E-state index in [1.165, 1.54) is 22.7 Å². The third kappa shape index (κ3) is 2.01. The topological polar surface area (TPSA) is 62.3 Å². The van der Waals surface area contributed by atoms with Crippen molar-refractivity contribution in [1.82, 2.24) is 4.90 Å². The van der Waals surface area contributed by atoms with Crippen LogP contribution in [0.3, 0.4) is 0 Å². The molecule has 4 aliphatic rings. The van der Waals surface area contributed by atoms with Gasteiger partial charge in [-0.15, -0.1) is 22.7 Å². The summed E-state index contributed by atoms with van der Waals surface area (Å²) in [6, 6.07) is 7.63. The van der Waals surface area contributed by atoms with Crippen LogP contribution in [0.4, 0.5) is 0 Å². The zero-order valence-corrected chi connectivity index (χ0v) is 17.2. The maximum atomic E-state index is 13.1. The van der Waals surface area contributed by atoms with E-state index >= 15 is 0 Å². The molecule has 2 aromatic heterocycles. The van der Waals surface area contributed by atoms with Crippen LogP contribution < -0.4 is 0 Å². The Bertz CT molecular complexity index is 837. The Morgan fingerprint density at radius 3 is 2.44 bits per heavy atom. The first-order chi connectivity index (χ1) is 13.0. The molecule has 4 fully saturated rings. The summed E-state index contributed by atoms with van der Waals surface area (Å²) in [4.78, 5) is 16.6. The molecule has 0 amide bonds. The van der Waals surface area contributed by atoms with Crippen molar-refractivity contribution in [2.45, 2.75) is 49.2 Å². The van der Waals surface area contributed by atoms with Crippen molar-refractivity contribution in [2.24, 2.45) is 5.92 Å². The molecule has 27 heavy (non-hydrogen) atoms. The first-order valence-electron chi connectivity index (χ1n) is 9.45. The Hall–Kier alpha value is -1.25. The molecule has 5 nitrogen and oxygen atoms in total. The second kappa shape index (κ2) is 5.64. The molecule has 0 bridgehead atoms. The number of nitrogens with zero attached hydrogens (tertiary/aromatic N) is 1. The number of piperidine rings is 1. The van der Waals surface area contributed by atoms with Gasteiger partial charge in [0.2, 0.25) is 5.60 Å². The lowest BCUT2D eigenvalue weighted by Gasteiger charge is -2.26. The molecule has 2 saturated carbocycles. The van der Waals surface area contributed by atoms with Crippen LogP contribution in [0, 0.1) is 5.92 Å². The lowest BCUT2D eigenvalue weighted by molar-refractivity contribution is -0.169. The number of likely N-dealkylation sites (tertiary alicyclic amines) is 1. The molecule has 2 aromatic rings. The third-order valence-corrected chi connectivity index (χ3v) is 8.38. The summed E-state index contributed by atoms with van der Waals surface area (Å²) in [6.07, 6.45) is 0.581. The van der Waals surface area contributed by atoms with Gasteiger partial charge in [-0.05, 0) is 29.9 Å². The largest absolute Gasteiger partial charge is 0.459 e. The number of carbonyl (C=O) groups excluding carboxylic acids is 1. The summed E-state index contributed by atoms with van der Waals surface area (Å²) >= 11 is 2.74. The normalized spacial score (nSPS) is 37.9. The molecular formula is C20H25NO4S2. The van der Waals surface area contributed by atoms with Crippen molar-refractivity contribution in [3.8, 4) is 0 Å². The maximum absolute atomic E-state index is 13.1. The van der Waals surface area contributed by atoms with Crippen molar-refractivity contribution in [1.29, 1.82) is 0 Å². The molecule has 2 aliphatic carbocycles. The molecule has 2 saturated heterocycles. The third-order valence-electron chi connectivity index (χ3n) is 6.42. The van der Waals surface area contributed by atoms with Gasteiger partial charge in [0, 0.05) is 20.3 Å². The number of aliphatic hydroxyl groups is 1. The lowest BCUT2D eigenvalue weighted by atomic mass is 9.99. The molecule has 1 spiro atoms. The Morgan fingerprint density at radius 1 is 1.33 bits per heavy atom. The Morgan fingerprint density at radius 2 is 1.96 bits per heavy atom. The molecule has 5 atom stereocenters. The lowest BCUT2D eigenvalue weighted by Crippen LogP contribution is -2.40. The van der Waals surface area contributed by atoms with Crippen molar-refractivity contribution >= 4 is 28.6 Å². The predicted molar refractivity (Wildman–Crippen MR) is 106 cm³/mol. The van der Waals surface area contributed by atoms with Crippen LogP contribution in [-0.4, -0.2) is 52.9 Å². The summed E-state index contributed by atoms with van der Waals surface area (Å²) < 4.78 is 11.9. The smallest absolute Gasteiger partial charge is 0.349 e. The van der Waals surface area contributed by atoms with Gasteiger partial charge in [-0.25, -0.2) is 4.79 Å². The van der Waals surface area contributed by atoms with Crippen LogP contribution >= 0.6 is 22.7 Å². The number of hydrogen-bond donors (Lipinski definition) is 1. The average molecular weight is 408 g/mol. The van der Waals surface area contributed by atoms with Crippen LogP contribution in [0.25, 0.3) is 0 Å². The zero-order chi connectivity index (χ0) is 19.0. The van der Waals surface area contributed by atoms with E-state index in [0.717, 1.165) is 13.0 Å². The van der Waals surface area contributed by atoms with Crippen LogP contribution in [-0.2, 0) is 19.9 Å². The molecule has 4 heterocycles. The van der Waals surface area contributed by atoms with Gasteiger partial charge in [-0.1, -0.05) is 26.0 Å². The highest BCUT2D eigenvalue weighted by Gasteiger charge is 2.99. The SMILES string of the molecule is CC.CN1C[C@@]23C[C@@H](OC(=O)C(O)(c4cccs4)c4cccs4)C4C1[C@]42O3.[HH]. The summed E-state index contributed by atoms with van der Waals surface area (Å²) in [7, 11) is 2.11. The van der Waals surface area contributed by atoms with E-state index in [9.17, 15) is 9.90 Å². The molecule has 6 rings (SSSR count). The number of morpholine rings is 1. The quantitative estimate of drug-likeness (QED) is 0.623. The Balaban J connectivity index is 0.000000622. The van der Waals surface area contributed by atoms with Gasteiger partial charge in [0.1, 0.15) is 17.3 Å². The van der Waals surface area contributed by atoms with Gasteiger partial charge < -0.3 is 14.6 Å². The number of esters is 1. The highest BCUT2D eigenvalue weighted by Crippen LogP contribution is 2.82. The predicted octanol–water partition coefficient (Wildman–Crippen LogP) is 3.08. The average Bonchev–Trinajstić information content (AvgIpc) is 3.16. The van der Waals surface area contributed by atoms with E-state index < -0.39 is 11.6 Å². The fraction of sp³-hybridized carbons (Fsp3) is 0.550. The van der Waals surface area contributed by atoms with E-state index in [-0.39, 0.29) is 24.7 Å². The summed E-state index contributed by atoms with van der Waals surface area (Å²) in [5.41, 5.74) is -1.89. The second-order valence-corrected chi connectivity index (χ2v) is 9.48. The molecule has 0 radical (unpaired) electrons. The van der Waals surface area contributed by atoms with E-state index in [2.05, 4.69) is 11.9 Å². The number of hydrogen-bond acceptors (Lipinski definition) is 7. The van der Waals surface area contributed by atoms with Crippen molar-refractivity contribution in [3.63, 3.8) is 0 Å². The van der Waals surface area contributed by atoms with Gasteiger partial charge in [-0.3, -0.25) is 4.90 Å². The first-order valence-corrected chi connectivity index (χ1v) is 11.2. The van der Waals surface area contributed by atoms with E-state index in [1.807, 2.05) is 36.7 Å². The number of likely N-dealkylation sites (N-methyl/N-ethyl adjacent to an activating group) is 1. The maximum Gasteiger partial charge on any atom is 0.349 e. The molecule has 7 heteroatoms. The monoisotopic (exact) mass is 407 g/mol. The van der Waals surface area contributed by atoms with Gasteiger partial charge in [0.05, 0.1) is 15.8 Å². The van der Waals surface area contributed by atoms with Crippen LogP contribution in [0.5, 0.6) is 0 Å². The fourth-order valence-corrected chi connectivity index (χ4v) is 7.17. The van der Waals surface area contributed by atoms with Gasteiger partial charge >= 0.3 is 5.97 Å². The number of rotatable bonds is 4. The number of epoxide rings is 1. The standard InChI is InChI=1S/C18H17NO4S2.C2H6.H2/c1-19-9-16-8-10(13-14(19)18(13,16)23-16)22-15(20)17(21,11-4-2-6-24-11)12-5-3-7-25-12;1-2;/h2-7,10,13-14,21H,8-9H2,1H3;1-2H3;1H/t10-,13?,14?,16+,18-;;/m1../s1. The van der Waals surface area contributed by atoms with E-state index in [4.69, 9.17) is 9.47 Å². The summed E-state index contributed by atoms with van der Waals surface area (Å²) in [5.74, 6) is -0.310. The van der Waals surface area contributed by atoms with Gasteiger partial charge in [-0.2, -0.15) is 0 Å². The molecule has 0 aromatic carbocycles. The van der Waals surface area contributed by atoms with Gasteiger partial charge in [0.15, 0.2) is 0 Å². The van der Waals surface area contributed by atoms with Crippen LogP contribution in [0.1, 0.15) is 31.4 Å². The van der Waals surface area contributed by atoms with E-state index in [0.29, 0.717) is 15.8 Å². The van der Waals surface area contributed by atoms with Crippen molar-refractivity contribution < 1.29 is 20.8 Å². The zero-order valence-electron chi connectivity index (χ0n) is 15.5. The van der Waals surface area contributed by atoms with Crippen molar-refractivity contribution in [3.05, 3.63) is 44.8 Å². The number of fused-ring (bicyclic) bond motifs is 1. The van der Waals surface area contributed by atoms with Crippen molar-refractivity contribution in [2.75, 3.05) is 13.6 Å². The molecule has 2 unspecified atom stereocenters. The molecular weight excluding hydrogens is 382 g/mol. The minimum atomic E-state index is -1.72. The number of thiophene rings is 2. The molecule has 1 N–H and O–H groups in total. The minimum Gasteiger partial charge on any atom is -0.459 e. The van der Waals surface area contributed by atoms with Crippen LogP contribution in [0.2, 0.25) is 0 Å². The number of carbonyl (C=O) groups is 1.